The van der Waals surface area contributed by atoms with Gasteiger partial charge in [0.25, 0.3) is 0 Å². The molecular weight excluding hydrogens is 349 g/mol. The van der Waals surface area contributed by atoms with Gasteiger partial charge in [0.15, 0.2) is 0 Å². The first kappa shape index (κ1) is 20.1. The van der Waals surface area contributed by atoms with Crippen molar-refractivity contribution in [2.75, 3.05) is 32.8 Å². The van der Waals surface area contributed by atoms with Gasteiger partial charge in [-0.25, -0.2) is 0 Å². The summed E-state index contributed by atoms with van der Waals surface area (Å²) in [6.07, 6.45) is -4.08. The van der Waals surface area contributed by atoms with Crippen molar-refractivity contribution in [1.29, 1.82) is 0 Å². The predicted molar refractivity (Wildman–Crippen MR) is 89.9 cm³/mol. The number of rotatable bonds is 5. The molecule has 1 aromatic rings. The molecule has 1 aromatic carbocycles. The highest BCUT2D eigenvalue weighted by Gasteiger charge is 2.43. The van der Waals surface area contributed by atoms with E-state index in [0.717, 1.165) is 21.8 Å². The lowest BCUT2D eigenvalue weighted by Crippen LogP contribution is -2.53. The molecule has 8 heteroatoms. The van der Waals surface area contributed by atoms with E-state index in [1.807, 2.05) is 32.0 Å². The number of para-hydroxylation sites is 1. The lowest BCUT2D eigenvalue weighted by atomic mass is 10.1. The Hall–Kier alpha value is -2.25. The van der Waals surface area contributed by atoms with Crippen molar-refractivity contribution in [3.05, 3.63) is 29.3 Å². The first-order chi connectivity index (χ1) is 12.2. The zero-order valence-electron chi connectivity index (χ0n) is 14.9. The van der Waals surface area contributed by atoms with Crippen LogP contribution in [0.4, 0.5) is 13.2 Å². The summed E-state index contributed by atoms with van der Waals surface area (Å²) in [5.74, 6) is -1.15. The Labute approximate surface area is 150 Å². The van der Waals surface area contributed by atoms with Crippen LogP contribution < -0.4 is 4.74 Å². The van der Waals surface area contributed by atoms with E-state index < -0.39 is 12.1 Å². The molecule has 0 aromatic heterocycles. The van der Waals surface area contributed by atoms with Gasteiger partial charge in [-0.1, -0.05) is 18.2 Å². The molecule has 144 valence electrons. The second kappa shape index (κ2) is 8.42. The molecule has 0 unspecified atom stereocenters. The van der Waals surface area contributed by atoms with E-state index in [2.05, 4.69) is 0 Å². The van der Waals surface area contributed by atoms with Gasteiger partial charge in [0.05, 0.1) is 6.61 Å². The summed E-state index contributed by atoms with van der Waals surface area (Å²) in [4.78, 5) is 25.6. The van der Waals surface area contributed by atoms with E-state index >= 15 is 0 Å². The van der Waals surface area contributed by atoms with Gasteiger partial charge in [-0.05, 0) is 31.4 Å². The molecule has 2 rings (SSSR count). The molecule has 0 spiro atoms. The van der Waals surface area contributed by atoms with Crippen molar-refractivity contribution in [3.8, 4) is 5.75 Å². The lowest BCUT2D eigenvalue weighted by molar-refractivity contribution is -0.187. The van der Waals surface area contributed by atoms with Crippen LogP contribution in [0.3, 0.4) is 0 Å². The average Bonchev–Trinajstić information content (AvgIpc) is 2.59. The SMILES string of the molecule is Cc1cccc(C)c1OCCCC(=O)N1CCN(C(=O)C(F)(F)F)CC1. The Morgan fingerprint density at radius 1 is 1.04 bits per heavy atom. The third-order valence-electron chi connectivity index (χ3n) is 4.35. The lowest BCUT2D eigenvalue weighted by Gasteiger charge is -2.35. The molecule has 0 saturated carbocycles. The Kier molecular flexibility index (Phi) is 6.50. The molecule has 2 amide bonds. The molecule has 0 N–H and O–H groups in total. The molecule has 1 aliphatic heterocycles. The molecule has 0 radical (unpaired) electrons. The van der Waals surface area contributed by atoms with Gasteiger partial charge in [-0.3, -0.25) is 9.59 Å². The summed E-state index contributed by atoms with van der Waals surface area (Å²) >= 11 is 0. The van der Waals surface area contributed by atoms with Crippen molar-refractivity contribution in [2.24, 2.45) is 0 Å². The largest absolute Gasteiger partial charge is 0.493 e. The summed E-state index contributed by atoms with van der Waals surface area (Å²) in [5.41, 5.74) is 2.06. The highest BCUT2D eigenvalue weighted by atomic mass is 19.4. The van der Waals surface area contributed by atoms with Crippen LogP contribution in [-0.4, -0.2) is 60.6 Å². The van der Waals surface area contributed by atoms with Gasteiger partial charge < -0.3 is 14.5 Å². The fourth-order valence-electron chi connectivity index (χ4n) is 2.92. The van der Waals surface area contributed by atoms with Crippen molar-refractivity contribution >= 4 is 11.8 Å². The first-order valence-corrected chi connectivity index (χ1v) is 8.53. The van der Waals surface area contributed by atoms with Crippen LogP contribution in [0.2, 0.25) is 0 Å². The summed E-state index contributed by atoms with van der Waals surface area (Å²) in [6, 6.07) is 5.86. The molecule has 5 nitrogen and oxygen atoms in total. The van der Waals surface area contributed by atoms with Crippen LogP contribution >= 0.6 is 0 Å². The number of nitrogens with zero attached hydrogens (tertiary/aromatic N) is 2. The molecule has 1 heterocycles. The van der Waals surface area contributed by atoms with E-state index in [1.165, 1.54) is 4.90 Å². The minimum absolute atomic E-state index is 0.0943. The summed E-state index contributed by atoms with van der Waals surface area (Å²) in [5, 5.41) is 0. The van der Waals surface area contributed by atoms with Crippen molar-refractivity contribution in [3.63, 3.8) is 0 Å². The number of piperazine rings is 1. The number of aryl methyl sites for hydroxylation is 2. The molecule has 1 fully saturated rings. The van der Waals surface area contributed by atoms with E-state index in [-0.39, 0.29) is 38.5 Å². The number of hydrogen-bond donors (Lipinski definition) is 0. The fraction of sp³-hybridized carbons (Fsp3) is 0.556. The Morgan fingerprint density at radius 3 is 2.12 bits per heavy atom. The van der Waals surface area contributed by atoms with Crippen LogP contribution in [0.1, 0.15) is 24.0 Å². The van der Waals surface area contributed by atoms with Gasteiger partial charge in [-0.15, -0.1) is 0 Å². The first-order valence-electron chi connectivity index (χ1n) is 8.53. The van der Waals surface area contributed by atoms with Crippen LogP contribution in [0.25, 0.3) is 0 Å². The summed E-state index contributed by atoms with van der Waals surface area (Å²) in [7, 11) is 0. The van der Waals surface area contributed by atoms with Crippen LogP contribution in [-0.2, 0) is 9.59 Å². The van der Waals surface area contributed by atoms with Gasteiger partial charge in [0, 0.05) is 32.6 Å². The van der Waals surface area contributed by atoms with Crippen molar-refractivity contribution in [1.82, 2.24) is 9.80 Å². The third-order valence-corrected chi connectivity index (χ3v) is 4.35. The highest BCUT2D eigenvalue weighted by molar-refractivity contribution is 5.82. The molecular formula is C18H23F3N2O3. The average molecular weight is 372 g/mol. The molecule has 26 heavy (non-hydrogen) atoms. The number of ether oxygens (including phenoxy) is 1. The zero-order chi connectivity index (χ0) is 19.3. The van der Waals surface area contributed by atoms with Gasteiger partial charge in [0.2, 0.25) is 5.91 Å². The number of benzene rings is 1. The number of hydrogen-bond acceptors (Lipinski definition) is 3. The van der Waals surface area contributed by atoms with Crippen LogP contribution in [0, 0.1) is 13.8 Å². The molecule has 1 aliphatic rings. The maximum absolute atomic E-state index is 12.4. The minimum atomic E-state index is -4.86. The number of alkyl halides is 3. The minimum Gasteiger partial charge on any atom is -0.493 e. The Bertz CT molecular complexity index is 633. The molecule has 0 atom stereocenters. The topological polar surface area (TPSA) is 49.9 Å². The molecule has 1 saturated heterocycles. The van der Waals surface area contributed by atoms with Gasteiger partial charge in [0.1, 0.15) is 5.75 Å². The fourth-order valence-corrected chi connectivity index (χ4v) is 2.92. The number of halogens is 3. The van der Waals surface area contributed by atoms with Crippen LogP contribution in [0.15, 0.2) is 18.2 Å². The Morgan fingerprint density at radius 2 is 1.58 bits per heavy atom. The van der Waals surface area contributed by atoms with Crippen LogP contribution in [0.5, 0.6) is 5.75 Å². The Balaban J connectivity index is 1.72. The monoisotopic (exact) mass is 372 g/mol. The second-order valence-electron chi connectivity index (χ2n) is 6.34. The van der Waals surface area contributed by atoms with E-state index in [4.69, 9.17) is 4.74 Å². The van der Waals surface area contributed by atoms with E-state index in [1.54, 1.807) is 0 Å². The van der Waals surface area contributed by atoms with E-state index in [9.17, 15) is 22.8 Å². The van der Waals surface area contributed by atoms with Crippen molar-refractivity contribution < 1.29 is 27.5 Å². The number of carbonyl (C=O) groups excluding carboxylic acids is 2. The maximum Gasteiger partial charge on any atom is 0.471 e. The quantitative estimate of drug-likeness (QED) is 0.747. The van der Waals surface area contributed by atoms with Gasteiger partial charge in [-0.2, -0.15) is 13.2 Å². The van der Waals surface area contributed by atoms with Gasteiger partial charge >= 0.3 is 12.1 Å². The predicted octanol–water partition coefficient (Wildman–Crippen LogP) is 2.70. The standard InChI is InChI=1S/C18H23F3N2O3/c1-13-5-3-6-14(2)16(13)26-12-4-7-15(24)22-8-10-23(11-9-22)17(25)18(19,20)21/h3,5-6H,4,7-12H2,1-2H3. The molecule has 0 bridgehead atoms. The second-order valence-corrected chi connectivity index (χ2v) is 6.34. The zero-order valence-corrected chi connectivity index (χ0v) is 14.9. The normalized spacial score (nSPS) is 15.1. The molecule has 0 aliphatic carbocycles. The maximum atomic E-state index is 12.4. The van der Waals surface area contributed by atoms with E-state index in [0.29, 0.717) is 13.0 Å². The number of carbonyl (C=O) groups is 2. The third kappa shape index (κ3) is 5.12. The summed E-state index contributed by atoms with van der Waals surface area (Å²) in [6.45, 7) is 4.36. The number of amides is 2. The highest BCUT2D eigenvalue weighted by Crippen LogP contribution is 2.23. The smallest absolute Gasteiger partial charge is 0.471 e. The van der Waals surface area contributed by atoms with Crippen molar-refractivity contribution in [2.45, 2.75) is 32.9 Å². The summed E-state index contributed by atoms with van der Waals surface area (Å²) < 4.78 is 43.0.